The fourth-order valence-electron chi connectivity index (χ4n) is 3.50. The fourth-order valence-corrected chi connectivity index (χ4v) is 3.50. The highest BCUT2D eigenvalue weighted by Crippen LogP contribution is 2.22. The van der Waals surface area contributed by atoms with Gasteiger partial charge in [0.15, 0.2) is 0 Å². The molecule has 2 aromatic carbocycles. The van der Waals surface area contributed by atoms with Crippen LogP contribution in [0.2, 0.25) is 0 Å². The molecule has 1 fully saturated rings. The van der Waals surface area contributed by atoms with Gasteiger partial charge in [0.25, 0.3) is 0 Å². The number of urea groups is 1. The molecule has 3 amide bonds. The number of para-hydroxylation sites is 1. The Hall–Kier alpha value is -3.35. The van der Waals surface area contributed by atoms with Crippen LogP contribution in [0.15, 0.2) is 60.7 Å². The molecule has 0 saturated carbocycles. The van der Waals surface area contributed by atoms with Crippen LogP contribution in [0.4, 0.5) is 10.5 Å². The van der Waals surface area contributed by atoms with Crippen LogP contribution in [0.5, 0.6) is 0 Å². The average Bonchev–Trinajstić information content (AvgIpc) is 2.74. The Bertz CT molecular complexity index is 842. The molecule has 0 spiro atoms. The van der Waals surface area contributed by atoms with Crippen molar-refractivity contribution in [1.29, 1.82) is 0 Å². The summed E-state index contributed by atoms with van der Waals surface area (Å²) in [4.78, 5) is 38.2. The Morgan fingerprint density at radius 2 is 1.69 bits per heavy atom. The zero-order valence-corrected chi connectivity index (χ0v) is 16.1. The van der Waals surface area contributed by atoms with E-state index in [1.165, 1.54) is 0 Å². The lowest BCUT2D eigenvalue weighted by atomic mass is 9.95. The molecule has 3 rings (SSSR count). The highest BCUT2D eigenvalue weighted by molar-refractivity contribution is 5.90. The zero-order chi connectivity index (χ0) is 20.6. The SMILES string of the molecule is O=C(O)CC(NC(=O)C1CCCN(C(=O)Nc2ccccc2)C1)c1ccccc1. The van der Waals surface area contributed by atoms with Crippen LogP contribution in [0.3, 0.4) is 0 Å². The molecule has 0 radical (unpaired) electrons. The van der Waals surface area contributed by atoms with Crippen molar-refractivity contribution >= 4 is 23.6 Å². The third-order valence-electron chi connectivity index (χ3n) is 5.00. The van der Waals surface area contributed by atoms with E-state index in [4.69, 9.17) is 0 Å². The molecule has 1 aliphatic heterocycles. The molecule has 7 nitrogen and oxygen atoms in total. The van der Waals surface area contributed by atoms with Crippen LogP contribution in [-0.4, -0.2) is 41.0 Å². The number of nitrogens with one attached hydrogen (secondary N) is 2. The fraction of sp³-hybridized carbons (Fsp3) is 0.318. The molecule has 2 aromatic rings. The number of carbonyl (C=O) groups is 3. The highest BCUT2D eigenvalue weighted by Gasteiger charge is 2.30. The molecule has 2 atom stereocenters. The Balaban J connectivity index is 1.62. The first-order valence-corrected chi connectivity index (χ1v) is 9.71. The molecule has 0 bridgehead atoms. The molecular weight excluding hydrogens is 370 g/mol. The van der Waals surface area contributed by atoms with E-state index < -0.39 is 12.0 Å². The third kappa shape index (κ3) is 5.81. The minimum atomic E-state index is -0.980. The standard InChI is InChI=1S/C22H25N3O4/c26-20(27)14-19(16-8-3-1-4-9-16)24-21(28)17-10-7-13-25(15-17)22(29)23-18-11-5-2-6-12-18/h1-6,8-9,11-12,17,19H,7,10,13-15H2,(H,23,29)(H,24,28)(H,26,27). The molecule has 3 N–H and O–H groups in total. The number of carbonyl (C=O) groups excluding carboxylic acids is 2. The second-order valence-corrected chi connectivity index (χ2v) is 7.15. The predicted octanol–water partition coefficient (Wildman–Crippen LogP) is 3.26. The maximum atomic E-state index is 12.8. The van der Waals surface area contributed by atoms with Gasteiger partial charge in [-0.1, -0.05) is 48.5 Å². The van der Waals surface area contributed by atoms with Crippen molar-refractivity contribution in [3.05, 3.63) is 66.2 Å². The summed E-state index contributed by atoms with van der Waals surface area (Å²) in [7, 11) is 0. The van der Waals surface area contributed by atoms with Crippen molar-refractivity contribution < 1.29 is 19.5 Å². The van der Waals surface area contributed by atoms with Gasteiger partial charge in [-0.15, -0.1) is 0 Å². The van der Waals surface area contributed by atoms with Crippen LogP contribution < -0.4 is 10.6 Å². The zero-order valence-electron chi connectivity index (χ0n) is 16.1. The minimum Gasteiger partial charge on any atom is -0.481 e. The van der Waals surface area contributed by atoms with E-state index >= 15 is 0 Å². The quantitative estimate of drug-likeness (QED) is 0.699. The number of hydrogen-bond donors (Lipinski definition) is 3. The van der Waals surface area contributed by atoms with E-state index in [9.17, 15) is 19.5 Å². The van der Waals surface area contributed by atoms with Crippen molar-refractivity contribution in [2.75, 3.05) is 18.4 Å². The number of aliphatic carboxylic acids is 1. The Morgan fingerprint density at radius 1 is 1.03 bits per heavy atom. The molecule has 2 unspecified atom stereocenters. The second kappa shape index (κ2) is 9.73. The lowest BCUT2D eigenvalue weighted by Gasteiger charge is -2.33. The number of piperidine rings is 1. The van der Waals surface area contributed by atoms with Gasteiger partial charge in [-0.3, -0.25) is 9.59 Å². The van der Waals surface area contributed by atoms with Crippen LogP contribution in [0, 0.1) is 5.92 Å². The first-order chi connectivity index (χ1) is 14.0. The minimum absolute atomic E-state index is 0.194. The Kier molecular flexibility index (Phi) is 6.84. The topological polar surface area (TPSA) is 98.7 Å². The van der Waals surface area contributed by atoms with E-state index in [0.717, 1.165) is 12.0 Å². The number of carboxylic acids is 1. The Morgan fingerprint density at radius 3 is 2.34 bits per heavy atom. The maximum absolute atomic E-state index is 12.8. The van der Waals surface area contributed by atoms with Crippen LogP contribution in [-0.2, 0) is 9.59 Å². The van der Waals surface area contributed by atoms with Crippen LogP contribution in [0.25, 0.3) is 0 Å². The number of hydrogen-bond acceptors (Lipinski definition) is 3. The summed E-state index contributed by atoms with van der Waals surface area (Å²) >= 11 is 0. The summed E-state index contributed by atoms with van der Waals surface area (Å²) < 4.78 is 0. The molecule has 7 heteroatoms. The summed E-state index contributed by atoms with van der Waals surface area (Å²) in [5.74, 6) is -1.57. The number of amides is 3. The average molecular weight is 395 g/mol. The molecule has 152 valence electrons. The van der Waals surface area contributed by atoms with Gasteiger partial charge < -0.3 is 20.6 Å². The number of carboxylic acid groups (broad SMARTS) is 1. The number of rotatable bonds is 6. The van der Waals surface area contributed by atoms with Crippen molar-refractivity contribution in [3.8, 4) is 0 Å². The summed E-state index contributed by atoms with van der Waals surface area (Å²) in [6, 6.07) is 17.4. The van der Waals surface area contributed by atoms with Gasteiger partial charge in [-0.2, -0.15) is 0 Å². The molecule has 1 aliphatic rings. The van der Waals surface area contributed by atoms with Gasteiger partial charge in [0.2, 0.25) is 5.91 Å². The van der Waals surface area contributed by atoms with Gasteiger partial charge in [0.1, 0.15) is 0 Å². The van der Waals surface area contributed by atoms with Gasteiger partial charge in [0.05, 0.1) is 18.4 Å². The summed E-state index contributed by atoms with van der Waals surface area (Å²) in [5, 5.41) is 14.9. The van der Waals surface area contributed by atoms with Gasteiger partial charge in [-0.25, -0.2) is 4.79 Å². The van der Waals surface area contributed by atoms with Crippen molar-refractivity contribution in [3.63, 3.8) is 0 Å². The van der Waals surface area contributed by atoms with Gasteiger partial charge in [0, 0.05) is 18.8 Å². The predicted molar refractivity (Wildman–Crippen MR) is 109 cm³/mol. The van der Waals surface area contributed by atoms with Gasteiger partial charge >= 0.3 is 12.0 Å². The van der Waals surface area contributed by atoms with Crippen LogP contribution >= 0.6 is 0 Å². The number of likely N-dealkylation sites (tertiary alicyclic amines) is 1. The number of nitrogens with zero attached hydrogens (tertiary/aromatic N) is 1. The molecule has 1 saturated heterocycles. The van der Waals surface area contributed by atoms with Crippen molar-refractivity contribution in [2.45, 2.75) is 25.3 Å². The molecular formula is C22H25N3O4. The van der Waals surface area contributed by atoms with E-state index in [2.05, 4.69) is 10.6 Å². The van der Waals surface area contributed by atoms with Gasteiger partial charge in [-0.05, 0) is 30.5 Å². The van der Waals surface area contributed by atoms with E-state index in [1.807, 2.05) is 48.5 Å². The van der Waals surface area contributed by atoms with Crippen molar-refractivity contribution in [1.82, 2.24) is 10.2 Å². The van der Waals surface area contributed by atoms with E-state index in [0.29, 0.717) is 25.2 Å². The normalized spacial score (nSPS) is 17.2. The smallest absolute Gasteiger partial charge is 0.321 e. The number of anilines is 1. The largest absolute Gasteiger partial charge is 0.481 e. The molecule has 0 aromatic heterocycles. The Labute approximate surface area is 169 Å². The molecule has 29 heavy (non-hydrogen) atoms. The first kappa shape index (κ1) is 20.4. The summed E-state index contributed by atoms with van der Waals surface area (Å²) in [6.07, 6.45) is 1.19. The third-order valence-corrected chi connectivity index (χ3v) is 5.00. The van der Waals surface area contributed by atoms with Crippen molar-refractivity contribution in [2.24, 2.45) is 5.92 Å². The molecule has 0 aliphatic carbocycles. The summed E-state index contributed by atoms with van der Waals surface area (Å²) in [5.41, 5.74) is 1.45. The molecule has 1 heterocycles. The highest BCUT2D eigenvalue weighted by atomic mass is 16.4. The lowest BCUT2D eigenvalue weighted by molar-refractivity contribution is -0.138. The maximum Gasteiger partial charge on any atom is 0.321 e. The monoisotopic (exact) mass is 395 g/mol. The van der Waals surface area contributed by atoms with E-state index in [-0.39, 0.29) is 24.3 Å². The first-order valence-electron chi connectivity index (χ1n) is 9.71. The van der Waals surface area contributed by atoms with E-state index in [1.54, 1.807) is 17.0 Å². The van der Waals surface area contributed by atoms with Crippen LogP contribution in [0.1, 0.15) is 30.9 Å². The second-order valence-electron chi connectivity index (χ2n) is 7.15. The lowest BCUT2D eigenvalue weighted by Crippen LogP contribution is -2.47. The summed E-state index contributed by atoms with van der Waals surface area (Å²) in [6.45, 7) is 0.888. The number of benzene rings is 2.